The third-order valence-electron chi connectivity index (χ3n) is 2.44. The fourth-order valence-electron chi connectivity index (χ4n) is 1.61. The van der Waals surface area contributed by atoms with Crippen LogP contribution < -0.4 is 5.73 Å². The highest BCUT2D eigenvalue weighted by Gasteiger charge is 2.24. The van der Waals surface area contributed by atoms with Crippen molar-refractivity contribution in [3.05, 3.63) is 5.82 Å². The zero-order valence-electron chi connectivity index (χ0n) is 8.38. The van der Waals surface area contributed by atoms with E-state index in [9.17, 15) is 0 Å². The van der Waals surface area contributed by atoms with Crippen LogP contribution in [0.3, 0.4) is 0 Å². The number of anilines is 1. The standard InChI is InChI=1S/C8H10N6O2/c9-8-11-6(12-13-8)7-10-5(14-16-7)4-1-2-15-3-4/h4H,1-3H2,(H3,9,11,12,13). The third kappa shape index (κ3) is 1.52. The van der Waals surface area contributed by atoms with Crippen molar-refractivity contribution < 1.29 is 9.26 Å². The summed E-state index contributed by atoms with van der Waals surface area (Å²) in [5, 5.41) is 10.2. The molecule has 0 spiro atoms. The molecule has 1 atom stereocenters. The number of aromatic nitrogens is 5. The van der Waals surface area contributed by atoms with Crippen molar-refractivity contribution in [1.82, 2.24) is 25.3 Å². The van der Waals surface area contributed by atoms with Gasteiger partial charge in [-0.05, 0) is 6.42 Å². The lowest BCUT2D eigenvalue weighted by Crippen LogP contribution is -1.99. The average molecular weight is 222 g/mol. The minimum Gasteiger partial charge on any atom is -0.381 e. The summed E-state index contributed by atoms with van der Waals surface area (Å²) in [6.45, 7) is 1.38. The molecule has 1 fully saturated rings. The van der Waals surface area contributed by atoms with E-state index < -0.39 is 0 Å². The van der Waals surface area contributed by atoms with E-state index in [-0.39, 0.29) is 11.9 Å². The van der Waals surface area contributed by atoms with Crippen molar-refractivity contribution in [2.24, 2.45) is 0 Å². The van der Waals surface area contributed by atoms with Crippen molar-refractivity contribution in [2.45, 2.75) is 12.3 Å². The first-order chi connectivity index (χ1) is 7.83. The molecule has 0 aliphatic carbocycles. The number of hydrogen-bond donors (Lipinski definition) is 2. The second-order valence-electron chi connectivity index (χ2n) is 3.56. The summed E-state index contributed by atoms with van der Waals surface area (Å²) in [6.07, 6.45) is 0.914. The molecule has 8 heteroatoms. The average Bonchev–Trinajstić information content (AvgIpc) is 2.97. The molecule has 1 unspecified atom stereocenters. The second-order valence-corrected chi connectivity index (χ2v) is 3.56. The van der Waals surface area contributed by atoms with Crippen LogP contribution in [-0.2, 0) is 4.74 Å². The molecule has 0 amide bonds. The number of rotatable bonds is 2. The highest BCUT2D eigenvalue weighted by Crippen LogP contribution is 2.24. The molecule has 0 aromatic carbocycles. The quantitative estimate of drug-likeness (QED) is 0.731. The van der Waals surface area contributed by atoms with E-state index >= 15 is 0 Å². The molecule has 0 radical (unpaired) electrons. The molecule has 16 heavy (non-hydrogen) atoms. The summed E-state index contributed by atoms with van der Waals surface area (Å²) < 4.78 is 10.3. The Morgan fingerprint density at radius 3 is 3.00 bits per heavy atom. The Balaban J connectivity index is 1.87. The van der Waals surface area contributed by atoms with E-state index in [0.717, 1.165) is 13.0 Å². The van der Waals surface area contributed by atoms with Crippen molar-refractivity contribution in [3.8, 4) is 11.7 Å². The summed E-state index contributed by atoms with van der Waals surface area (Å²) in [4.78, 5) is 8.13. The fraction of sp³-hybridized carbons (Fsp3) is 0.500. The molecular formula is C8H10N6O2. The van der Waals surface area contributed by atoms with Crippen LogP contribution in [0, 0.1) is 0 Å². The SMILES string of the molecule is Nc1n[nH]c(-c2nc(C3CCOC3)no2)n1. The number of nitrogens with zero attached hydrogens (tertiary/aromatic N) is 4. The van der Waals surface area contributed by atoms with Crippen LogP contribution in [0.2, 0.25) is 0 Å². The first-order valence-electron chi connectivity index (χ1n) is 4.92. The van der Waals surface area contributed by atoms with E-state index in [0.29, 0.717) is 24.1 Å². The predicted octanol–water partition coefficient (Wildman–Crippen LogP) is -0.0592. The smallest absolute Gasteiger partial charge is 0.295 e. The summed E-state index contributed by atoms with van der Waals surface area (Å²) in [5.74, 6) is 1.68. The van der Waals surface area contributed by atoms with E-state index in [1.165, 1.54) is 0 Å². The maximum absolute atomic E-state index is 5.38. The molecule has 3 rings (SSSR count). The topological polar surface area (TPSA) is 116 Å². The van der Waals surface area contributed by atoms with Crippen LogP contribution >= 0.6 is 0 Å². The van der Waals surface area contributed by atoms with E-state index in [1.54, 1.807) is 0 Å². The molecule has 0 bridgehead atoms. The van der Waals surface area contributed by atoms with Gasteiger partial charge in [0.15, 0.2) is 5.82 Å². The summed E-state index contributed by atoms with van der Waals surface area (Å²) in [5.41, 5.74) is 5.38. The van der Waals surface area contributed by atoms with Crippen molar-refractivity contribution in [1.29, 1.82) is 0 Å². The number of H-pyrrole nitrogens is 1. The van der Waals surface area contributed by atoms with Crippen molar-refractivity contribution in [2.75, 3.05) is 18.9 Å². The van der Waals surface area contributed by atoms with Gasteiger partial charge in [0, 0.05) is 12.5 Å². The van der Waals surface area contributed by atoms with Gasteiger partial charge in [-0.2, -0.15) is 9.97 Å². The Morgan fingerprint density at radius 1 is 1.38 bits per heavy atom. The Kier molecular flexibility index (Phi) is 2.07. The molecule has 1 saturated heterocycles. The minimum absolute atomic E-state index is 0.152. The highest BCUT2D eigenvalue weighted by molar-refractivity contribution is 5.41. The van der Waals surface area contributed by atoms with Gasteiger partial charge in [-0.25, -0.2) is 0 Å². The van der Waals surface area contributed by atoms with Gasteiger partial charge < -0.3 is 15.0 Å². The molecule has 0 saturated carbocycles. The Labute approximate surface area is 90.2 Å². The Bertz CT molecular complexity index is 486. The molecule has 84 valence electrons. The van der Waals surface area contributed by atoms with Gasteiger partial charge in [0.2, 0.25) is 11.8 Å². The first kappa shape index (κ1) is 9.28. The number of ether oxygens (including phenoxy) is 1. The fourth-order valence-corrected chi connectivity index (χ4v) is 1.61. The Morgan fingerprint density at radius 2 is 2.31 bits per heavy atom. The van der Waals surface area contributed by atoms with Gasteiger partial charge in [-0.3, -0.25) is 5.10 Å². The van der Waals surface area contributed by atoms with Gasteiger partial charge >= 0.3 is 0 Å². The molecule has 1 aliphatic heterocycles. The Hall–Kier alpha value is -1.96. The van der Waals surface area contributed by atoms with Gasteiger partial charge in [-0.1, -0.05) is 5.16 Å². The number of hydrogen-bond acceptors (Lipinski definition) is 7. The lowest BCUT2D eigenvalue weighted by Gasteiger charge is -1.97. The van der Waals surface area contributed by atoms with E-state index in [4.69, 9.17) is 15.0 Å². The van der Waals surface area contributed by atoms with E-state index in [2.05, 4.69) is 25.3 Å². The number of nitrogens with one attached hydrogen (secondary N) is 1. The third-order valence-corrected chi connectivity index (χ3v) is 2.44. The highest BCUT2D eigenvalue weighted by atomic mass is 16.5. The predicted molar refractivity (Wildman–Crippen MR) is 52.3 cm³/mol. The minimum atomic E-state index is 0.152. The number of nitrogen functional groups attached to an aromatic ring is 1. The molecule has 2 aromatic rings. The molecule has 3 heterocycles. The van der Waals surface area contributed by atoms with Crippen LogP contribution in [0.1, 0.15) is 18.2 Å². The summed E-state index contributed by atoms with van der Waals surface area (Å²) in [7, 11) is 0. The van der Waals surface area contributed by atoms with Crippen LogP contribution in [0.25, 0.3) is 11.7 Å². The van der Waals surface area contributed by atoms with E-state index in [1.807, 2.05) is 0 Å². The van der Waals surface area contributed by atoms with Gasteiger partial charge in [0.05, 0.1) is 6.61 Å². The van der Waals surface area contributed by atoms with Gasteiger partial charge in [-0.15, -0.1) is 5.10 Å². The molecule has 2 aromatic heterocycles. The first-order valence-corrected chi connectivity index (χ1v) is 4.92. The van der Waals surface area contributed by atoms with Crippen molar-refractivity contribution in [3.63, 3.8) is 0 Å². The van der Waals surface area contributed by atoms with Gasteiger partial charge in [0.25, 0.3) is 5.89 Å². The van der Waals surface area contributed by atoms with Crippen LogP contribution in [0.15, 0.2) is 4.52 Å². The normalized spacial score (nSPS) is 20.4. The molecule has 8 nitrogen and oxygen atoms in total. The number of aromatic amines is 1. The lowest BCUT2D eigenvalue weighted by molar-refractivity contribution is 0.192. The zero-order valence-corrected chi connectivity index (χ0v) is 8.38. The summed E-state index contributed by atoms with van der Waals surface area (Å²) in [6, 6.07) is 0. The molecule has 1 aliphatic rings. The maximum Gasteiger partial charge on any atom is 0.295 e. The number of nitrogens with two attached hydrogens (primary N) is 1. The zero-order chi connectivity index (χ0) is 11.0. The van der Waals surface area contributed by atoms with Crippen LogP contribution in [0.4, 0.5) is 5.95 Å². The summed E-state index contributed by atoms with van der Waals surface area (Å²) >= 11 is 0. The van der Waals surface area contributed by atoms with Crippen LogP contribution in [0.5, 0.6) is 0 Å². The molecular weight excluding hydrogens is 212 g/mol. The van der Waals surface area contributed by atoms with Gasteiger partial charge in [0.1, 0.15) is 0 Å². The van der Waals surface area contributed by atoms with Crippen LogP contribution in [-0.4, -0.2) is 38.5 Å². The largest absolute Gasteiger partial charge is 0.381 e. The monoisotopic (exact) mass is 222 g/mol. The van der Waals surface area contributed by atoms with Crippen molar-refractivity contribution >= 4 is 5.95 Å². The maximum atomic E-state index is 5.38. The molecule has 3 N–H and O–H groups in total. The lowest BCUT2D eigenvalue weighted by atomic mass is 10.1. The second kappa shape index (κ2) is 3.56.